The minimum absolute atomic E-state index is 0.123. The van der Waals surface area contributed by atoms with E-state index in [1.165, 1.54) is 19.1 Å². The predicted molar refractivity (Wildman–Crippen MR) is 79.6 cm³/mol. The van der Waals surface area contributed by atoms with Crippen LogP contribution in [0.25, 0.3) is 0 Å². The van der Waals surface area contributed by atoms with Gasteiger partial charge in [-0.2, -0.15) is 18.4 Å². The van der Waals surface area contributed by atoms with Crippen molar-refractivity contribution in [3.8, 4) is 6.07 Å². The molecule has 0 heterocycles. The van der Waals surface area contributed by atoms with Gasteiger partial charge in [0.15, 0.2) is 0 Å². The molecule has 1 aliphatic rings. The van der Waals surface area contributed by atoms with Crippen LogP contribution in [0.4, 0.5) is 18.9 Å². The standard InChI is InChI=1S/C16H18F3N3O/c1-10-3-6-12(7-13(10)16(17,18)19)21-8-14(23)22-15(2,9-20)11-4-5-11/h3,6-7,11,21H,4-5,8H2,1-2H3,(H,22,23). The number of hydrogen-bond acceptors (Lipinski definition) is 3. The van der Waals surface area contributed by atoms with Gasteiger partial charge < -0.3 is 10.6 Å². The van der Waals surface area contributed by atoms with Crippen molar-refractivity contribution >= 4 is 11.6 Å². The first-order valence-electron chi connectivity index (χ1n) is 7.29. The summed E-state index contributed by atoms with van der Waals surface area (Å²) in [5.74, 6) is -0.275. The van der Waals surface area contributed by atoms with E-state index >= 15 is 0 Å². The van der Waals surface area contributed by atoms with Crippen LogP contribution in [0.15, 0.2) is 18.2 Å². The zero-order valence-electron chi connectivity index (χ0n) is 12.9. The van der Waals surface area contributed by atoms with Gasteiger partial charge in [-0.05, 0) is 50.3 Å². The highest BCUT2D eigenvalue weighted by Gasteiger charge is 2.42. The van der Waals surface area contributed by atoms with Crippen molar-refractivity contribution in [1.29, 1.82) is 5.26 Å². The maximum atomic E-state index is 12.8. The Kier molecular flexibility index (Phi) is 4.55. The lowest BCUT2D eigenvalue weighted by Crippen LogP contribution is -2.48. The third-order valence-electron chi connectivity index (χ3n) is 4.02. The highest BCUT2D eigenvalue weighted by molar-refractivity contribution is 5.82. The average molecular weight is 325 g/mol. The van der Waals surface area contributed by atoms with E-state index in [1.807, 2.05) is 0 Å². The van der Waals surface area contributed by atoms with Crippen molar-refractivity contribution in [2.45, 2.75) is 38.4 Å². The normalized spacial score (nSPS) is 17.0. The number of carbonyl (C=O) groups excluding carboxylic acids is 1. The molecule has 0 bridgehead atoms. The Bertz CT molecular complexity index is 647. The van der Waals surface area contributed by atoms with Gasteiger partial charge in [0, 0.05) is 5.69 Å². The van der Waals surface area contributed by atoms with Crippen molar-refractivity contribution < 1.29 is 18.0 Å². The number of nitrogens with zero attached hydrogens (tertiary/aromatic N) is 1. The number of nitrogens with one attached hydrogen (secondary N) is 2. The van der Waals surface area contributed by atoms with E-state index in [0.29, 0.717) is 0 Å². The smallest absolute Gasteiger partial charge is 0.376 e. The summed E-state index contributed by atoms with van der Waals surface area (Å²) in [6.07, 6.45) is -2.65. The second-order valence-electron chi connectivity index (χ2n) is 6.02. The molecule has 124 valence electrons. The van der Waals surface area contributed by atoms with E-state index in [2.05, 4.69) is 16.7 Å². The number of anilines is 1. The van der Waals surface area contributed by atoms with Crippen LogP contribution < -0.4 is 10.6 Å². The number of carbonyl (C=O) groups is 1. The van der Waals surface area contributed by atoms with E-state index in [9.17, 15) is 23.2 Å². The summed E-state index contributed by atoms with van der Waals surface area (Å²) in [7, 11) is 0. The van der Waals surface area contributed by atoms with E-state index in [-0.39, 0.29) is 23.7 Å². The van der Waals surface area contributed by atoms with Crippen molar-refractivity contribution in [2.24, 2.45) is 5.92 Å². The molecular weight excluding hydrogens is 307 g/mol. The minimum atomic E-state index is -4.44. The Labute approximate surface area is 132 Å². The number of benzene rings is 1. The summed E-state index contributed by atoms with van der Waals surface area (Å²) in [6, 6.07) is 5.92. The Morgan fingerprint density at radius 1 is 1.39 bits per heavy atom. The number of halogens is 3. The van der Waals surface area contributed by atoms with E-state index < -0.39 is 23.2 Å². The number of amides is 1. The van der Waals surface area contributed by atoms with Crippen LogP contribution in [0.5, 0.6) is 0 Å². The molecule has 0 aliphatic heterocycles. The van der Waals surface area contributed by atoms with Crippen LogP contribution in [0.3, 0.4) is 0 Å². The summed E-state index contributed by atoms with van der Waals surface area (Å²) >= 11 is 0. The van der Waals surface area contributed by atoms with Gasteiger partial charge in [0.2, 0.25) is 5.91 Å². The van der Waals surface area contributed by atoms with E-state index in [4.69, 9.17) is 0 Å². The number of nitriles is 1. The second kappa shape index (κ2) is 6.11. The van der Waals surface area contributed by atoms with Gasteiger partial charge in [0.1, 0.15) is 5.54 Å². The van der Waals surface area contributed by atoms with Crippen LogP contribution in [-0.4, -0.2) is 18.0 Å². The molecule has 1 fully saturated rings. The highest BCUT2D eigenvalue weighted by Crippen LogP contribution is 2.39. The molecule has 1 amide bonds. The molecule has 1 aliphatic carbocycles. The molecule has 7 heteroatoms. The first-order valence-corrected chi connectivity index (χ1v) is 7.29. The van der Waals surface area contributed by atoms with Crippen LogP contribution in [0.1, 0.15) is 30.9 Å². The lowest BCUT2D eigenvalue weighted by atomic mass is 9.98. The van der Waals surface area contributed by atoms with Gasteiger partial charge in [0.05, 0.1) is 18.2 Å². The van der Waals surface area contributed by atoms with Gasteiger partial charge in [-0.1, -0.05) is 6.07 Å². The van der Waals surface area contributed by atoms with Crippen molar-refractivity contribution in [3.63, 3.8) is 0 Å². The third kappa shape index (κ3) is 4.15. The van der Waals surface area contributed by atoms with Crippen LogP contribution in [0, 0.1) is 24.2 Å². The van der Waals surface area contributed by atoms with Gasteiger partial charge in [0.25, 0.3) is 0 Å². The molecule has 0 radical (unpaired) electrons. The minimum Gasteiger partial charge on any atom is -0.376 e. The van der Waals surface area contributed by atoms with Crippen molar-refractivity contribution in [2.75, 3.05) is 11.9 Å². The maximum Gasteiger partial charge on any atom is 0.416 e. The zero-order chi connectivity index (χ0) is 17.3. The van der Waals surface area contributed by atoms with E-state index in [1.54, 1.807) is 6.92 Å². The Hall–Kier alpha value is -2.23. The second-order valence-corrected chi connectivity index (χ2v) is 6.02. The number of hydrogen-bond donors (Lipinski definition) is 2. The van der Waals surface area contributed by atoms with Gasteiger partial charge in [-0.15, -0.1) is 0 Å². The highest BCUT2D eigenvalue weighted by atomic mass is 19.4. The molecule has 0 aromatic heterocycles. The van der Waals surface area contributed by atoms with Crippen molar-refractivity contribution in [1.82, 2.24) is 5.32 Å². The van der Waals surface area contributed by atoms with Crippen LogP contribution >= 0.6 is 0 Å². The maximum absolute atomic E-state index is 12.8. The molecule has 1 atom stereocenters. The first kappa shape index (κ1) is 17.1. The molecule has 1 saturated carbocycles. The average Bonchev–Trinajstić information content (AvgIpc) is 3.30. The predicted octanol–water partition coefficient (Wildman–Crippen LogP) is 3.23. The molecule has 1 unspecified atom stereocenters. The topological polar surface area (TPSA) is 64.9 Å². The number of alkyl halides is 3. The molecule has 2 N–H and O–H groups in total. The Balaban J connectivity index is 1.98. The first-order chi connectivity index (χ1) is 10.7. The molecule has 0 spiro atoms. The van der Waals surface area contributed by atoms with Crippen molar-refractivity contribution in [3.05, 3.63) is 29.3 Å². The number of rotatable bonds is 5. The summed E-state index contributed by atoms with van der Waals surface area (Å²) < 4.78 is 38.5. The summed E-state index contributed by atoms with van der Waals surface area (Å²) in [5.41, 5.74) is -1.31. The van der Waals surface area contributed by atoms with Crippen LogP contribution in [-0.2, 0) is 11.0 Å². The Morgan fingerprint density at radius 2 is 2.04 bits per heavy atom. The van der Waals surface area contributed by atoms with Crippen LogP contribution in [0.2, 0.25) is 0 Å². The fraction of sp³-hybridized carbons (Fsp3) is 0.500. The summed E-state index contributed by atoms with van der Waals surface area (Å²) in [6.45, 7) is 2.86. The summed E-state index contributed by atoms with van der Waals surface area (Å²) in [5, 5.41) is 14.5. The molecule has 1 aromatic rings. The Morgan fingerprint density at radius 3 is 2.57 bits per heavy atom. The molecule has 4 nitrogen and oxygen atoms in total. The quantitative estimate of drug-likeness (QED) is 0.873. The van der Waals surface area contributed by atoms with Gasteiger partial charge >= 0.3 is 6.18 Å². The third-order valence-corrected chi connectivity index (χ3v) is 4.02. The lowest BCUT2D eigenvalue weighted by Gasteiger charge is -2.23. The molecule has 23 heavy (non-hydrogen) atoms. The molecule has 1 aromatic carbocycles. The van der Waals surface area contributed by atoms with Gasteiger partial charge in [-0.3, -0.25) is 4.79 Å². The van der Waals surface area contributed by atoms with Gasteiger partial charge in [-0.25, -0.2) is 0 Å². The molecule has 0 saturated heterocycles. The largest absolute Gasteiger partial charge is 0.416 e. The number of aryl methyl sites for hydroxylation is 1. The zero-order valence-corrected chi connectivity index (χ0v) is 12.9. The lowest BCUT2D eigenvalue weighted by molar-refractivity contribution is -0.138. The fourth-order valence-electron chi connectivity index (χ4n) is 2.44. The molecule has 2 rings (SSSR count). The SMILES string of the molecule is Cc1ccc(NCC(=O)NC(C)(C#N)C2CC2)cc1C(F)(F)F. The fourth-order valence-corrected chi connectivity index (χ4v) is 2.44. The monoisotopic (exact) mass is 325 g/mol. The summed E-state index contributed by atoms with van der Waals surface area (Å²) in [4.78, 5) is 11.9. The van der Waals surface area contributed by atoms with E-state index in [0.717, 1.165) is 18.9 Å². The molecular formula is C16H18F3N3O.